The highest BCUT2D eigenvalue weighted by atomic mass is 16.5. The highest BCUT2D eigenvalue weighted by Gasteiger charge is 2.20. The van der Waals surface area contributed by atoms with Crippen molar-refractivity contribution in [2.24, 2.45) is 0 Å². The van der Waals surface area contributed by atoms with Gasteiger partial charge in [0.1, 0.15) is 11.6 Å². The predicted molar refractivity (Wildman–Crippen MR) is 69.8 cm³/mol. The van der Waals surface area contributed by atoms with Gasteiger partial charge in [0.2, 0.25) is 0 Å². The molecule has 4 heteroatoms. The van der Waals surface area contributed by atoms with Gasteiger partial charge in [0.15, 0.2) is 0 Å². The number of anilines is 1. The number of hydrogen-bond acceptors (Lipinski definition) is 4. The highest BCUT2D eigenvalue weighted by molar-refractivity contribution is 5.39. The second kappa shape index (κ2) is 5.04. The molecule has 1 aromatic heterocycles. The van der Waals surface area contributed by atoms with Crippen molar-refractivity contribution in [3.8, 4) is 5.75 Å². The molecule has 18 heavy (non-hydrogen) atoms. The molecule has 1 unspecified atom stereocenters. The van der Waals surface area contributed by atoms with Gasteiger partial charge < -0.3 is 10.1 Å². The van der Waals surface area contributed by atoms with Gasteiger partial charge >= 0.3 is 0 Å². The minimum atomic E-state index is 0.469. The summed E-state index contributed by atoms with van der Waals surface area (Å²) in [7, 11) is 0. The van der Waals surface area contributed by atoms with Gasteiger partial charge in [0, 0.05) is 24.9 Å². The molecule has 0 aliphatic carbocycles. The molecule has 1 N–H and O–H groups in total. The summed E-state index contributed by atoms with van der Waals surface area (Å²) in [6.07, 6.45) is 6.14. The maximum atomic E-state index is 5.65. The number of nitrogens with zero attached hydrogens (tertiary/aromatic N) is 2. The standard InChI is InChI=1S/C14H15N3O/c1-2-4-13-12(3-1)11(5-8-18-13)9-17-14-10-15-6-7-16-14/h1-4,6-7,10-11H,5,8-9H2,(H,16,17). The average Bonchev–Trinajstić information content (AvgIpc) is 2.46. The van der Waals surface area contributed by atoms with Crippen molar-refractivity contribution >= 4 is 5.82 Å². The number of fused-ring (bicyclic) bond motifs is 1. The quantitative estimate of drug-likeness (QED) is 0.896. The van der Waals surface area contributed by atoms with E-state index in [1.54, 1.807) is 18.6 Å². The van der Waals surface area contributed by atoms with Gasteiger partial charge in [0.05, 0.1) is 12.8 Å². The van der Waals surface area contributed by atoms with Gasteiger partial charge in [-0.25, -0.2) is 4.98 Å². The van der Waals surface area contributed by atoms with Gasteiger partial charge in [0.25, 0.3) is 0 Å². The molecular weight excluding hydrogens is 226 g/mol. The van der Waals surface area contributed by atoms with Gasteiger partial charge in [-0.1, -0.05) is 18.2 Å². The summed E-state index contributed by atoms with van der Waals surface area (Å²) < 4.78 is 5.65. The number of nitrogens with one attached hydrogen (secondary N) is 1. The molecule has 0 saturated heterocycles. The molecule has 1 aliphatic rings. The van der Waals surface area contributed by atoms with E-state index in [0.29, 0.717) is 5.92 Å². The van der Waals surface area contributed by atoms with Gasteiger partial charge in [-0.2, -0.15) is 0 Å². The third-order valence-electron chi connectivity index (χ3n) is 3.18. The van der Waals surface area contributed by atoms with Crippen molar-refractivity contribution in [1.29, 1.82) is 0 Å². The van der Waals surface area contributed by atoms with E-state index >= 15 is 0 Å². The van der Waals surface area contributed by atoms with Crippen LogP contribution in [0.2, 0.25) is 0 Å². The first kappa shape index (κ1) is 11.0. The lowest BCUT2D eigenvalue weighted by atomic mass is 9.93. The van der Waals surface area contributed by atoms with Crippen molar-refractivity contribution in [2.45, 2.75) is 12.3 Å². The van der Waals surface area contributed by atoms with Crippen molar-refractivity contribution in [1.82, 2.24) is 9.97 Å². The second-order valence-corrected chi connectivity index (χ2v) is 4.34. The Bertz CT molecular complexity index is 515. The van der Waals surface area contributed by atoms with Crippen LogP contribution in [0.1, 0.15) is 17.9 Å². The largest absolute Gasteiger partial charge is 0.493 e. The normalized spacial score (nSPS) is 17.7. The number of hydrogen-bond donors (Lipinski definition) is 1. The summed E-state index contributed by atoms with van der Waals surface area (Å²) in [5.74, 6) is 2.30. The molecule has 2 heterocycles. The number of rotatable bonds is 3. The van der Waals surface area contributed by atoms with Crippen LogP contribution in [-0.2, 0) is 0 Å². The van der Waals surface area contributed by atoms with E-state index in [9.17, 15) is 0 Å². The molecule has 3 rings (SSSR count). The van der Waals surface area contributed by atoms with E-state index in [4.69, 9.17) is 4.74 Å². The van der Waals surface area contributed by atoms with Crippen molar-refractivity contribution in [2.75, 3.05) is 18.5 Å². The molecule has 0 radical (unpaired) electrons. The Kier molecular flexibility index (Phi) is 3.08. The summed E-state index contributed by atoms with van der Waals surface area (Å²) in [5, 5.41) is 3.33. The molecule has 0 saturated carbocycles. The van der Waals surface area contributed by atoms with Crippen molar-refractivity contribution < 1.29 is 4.74 Å². The number of para-hydroxylation sites is 1. The minimum absolute atomic E-state index is 0.469. The molecule has 2 aromatic rings. The lowest BCUT2D eigenvalue weighted by Crippen LogP contribution is -2.21. The number of ether oxygens (including phenoxy) is 1. The molecule has 1 aromatic carbocycles. The zero-order chi connectivity index (χ0) is 12.2. The predicted octanol–water partition coefficient (Wildman–Crippen LogP) is 2.45. The first-order chi connectivity index (χ1) is 8.93. The Labute approximate surface area is 106 Å². The van der Waals surface area contributed by atoms with Gasteiger partial charge in [-0.15, -0.1) is 0 Å². The maximum absolute atomic E-state index is 5.65. The first-order valence-electron chi connectivity index (χ1n) is 6.15. The van der Waals surface area contributed by atoms with Crippen LogP contribution >= 0.6 is 0 Å². The van der Waals surface area contributed by atoms with Crippen LogP contribution in [0.15, 0.2) is 42.9 Å². The SMILES string of the molecule is c1ccc2c(c1)OCCC2CNc1cnccn1. The molecule has 1 aliphatic heterocycles. The van der Waals surface area contributed by atoms with Crippen LogP contribution in [0.4, 0.5) is 5.82 Å². The fraction of sp³-hybridized carbons (Fsp3) is 0.286. The van der Waals surface area contributed by atoms with E-state index in [-0.39, 0.29) is 0 Å². The molecule has 4 nitrogen and oxygen atoms in total. The molecule has 92 valence electrons. The van der Waals surface area contributed by atoms with Crippen LogP contribution in [-0.4, -0.2) is 23.1 Å². The Morgan fingerprint density at radius 2 is 2.22 bits per heavy atom. The van der Waals surface area contributed by atoms with Crippen LogP contribution in [0, 0.1) is 0 Å². The van der Waals surface area contributed by atoms with Gasteiger partial charge in [-0.05, 0) is 18.1 Å². The zero-order valence-electron chi connectivity index (χ0n) is 10.0. The fourth-order valence-electron chi connectivity index (χ4n) is 2.25. The minimum Gasteiger partial charge on any atom is -0.493 e. The van der Waals surface area contributed by atoms with Crippen LogP contribution in [0.3, 0.4) is 0 Å². The average molecular weight is 241 g/mol. The Morgan fingerprint density at radius 3 is 3.11 bits per heavy atom. The maximum Gasteiger partial charge on any atom is 0.144 e. The summed E-state index contributed by atoms with van der Waals surface area (Å²) in [6.45, 7) is 1.64. The summed E-state index contributed by atoms with van der Waals surface area (Å²) in [4.78, 5) is 8.26. The topological polar surface area (TPSA) is 47.0 Å². The second-order valence-electron chi connectivity index (χ2n) is 4.34. The molecule has 1 atom stereocenters. The smallest absolute Gasteiger partial charge is 0.144 e. The Morgan fingerprint density at radius 1 is 1.28 bits per heavy atom. The third-order valence-corrected chi connectivity index (χ3v) is 3.18. The lowest BCUT2D eigenvalue weighted by Gasteiger charge is -2.26. The van der Waals surface area contributed by atoms with E-state index in [0.717, 1.165) is 31.1 Å². The fourth-order valence-corrected chi connectivity index (χ4v) is 2.25. The number of aromatic nitrogens is 2. The first-order valence-corrected chi connectivity index (χ1v) is 6.15. The molecular formula is C14H15N3O. The van der Waals surface area contributed by atoms with E-state index in [2.05, 4.69) is 27.4 Å². The monoisotopic (exact) mass is 241 g/mol. The molecule has 0 bridgehead atoms. The summed E-state index contributed by atoms with van der Waals surface area (Å²) >= 11 is 0. The summed E-state index contributed by atoms with van der Waals surface area (Å²) in [6, 6.07) is 8.24. The van der Waals surface area contributed by atoms with Crippen LogP contribution < -0.4 is 10.1 Å². The Balaban J connectivity index is 1.71. The van der Waals surface area contributed by atoms with Crippen molar-refractivity contribution in [3.05, 3.63) is 48.4 Å². The van der Waals surface area contributed by atoms with Crippen LogP contribution in [0.5, 0.6) is 5.75 Å². The zero-order valence-corrected chi connectivity index (χ0v) is 10.0. The number of benzene rings is 1. The third kappa shape index (κ3) is 2.27. The summed E-state index contributed by atoms with van der Waals surface area (Å²) in [5.41, 5.74) is 1.28. The van der Waals surface area contributed by atoms with E-state index in [1.165, 1.54) is 5.56 Å². The van der Waals surface area contributed by atoms with E-state index < -0.39 is 0 Å². The van der Waals surface area contributed by atoms with Gasteiger partial charge in [-0.3, -0.25) is 4.98 Å². The lowest BCUT2D eigenvalue weighted by molar-refractivity contribution is 0.270. The molecule has 0 fully saturated rings. The van der Waals surface area contributed by atoms with E-state index in [1.807, 2.05) is 12.1 Å². The van der Waals surface area contributed by atoms with Crippen molar-refractivity contribution in [3.63, 3.8) is 0 Å². The molecule has 0 spiro atoms. The Hall–Kier alpha value is -2.10. The van der Waals surface area contributed by atoms with Crippen LogP contribution in [0.25, 0.3) is 0 Å². The highest BCUT2D eigenvalue weighted by Crippen LogP contribution is 2.33. The molecule has 0 amide bonds.